The predicted molar refractivity (Wildman–Crippen MR) is 60.3 cm³/mol. The lowest BCUT2D eigenvalue weighted by molar-refractivity contribution is 0.508. The molecule has 0 bridgehead atoms. The number of aromatic nitrogens is 3. The van der Waals surface area contributed by atoms with Gasteiger partial charge in [-0.3, -0.25) is 4.57 Å². The fraction of sp³-hybridized carbons (Fsp3) is 0.273. The zero-order valence-corrected chi connectivity index (χ0v) is 9.88. The Morgan fingerprint density at radius 1 is 1.24 bits per heavy atom. The number of hydrogen-bond acceptors (Lipinski definition) is 2. The van der Waals surface area contributed by atoms with Crippen LogP contribution in [0.3, 0.4) is 0 Å². The fourth-order valence-electron chi connectivity index (χ4n) is 1.56. The van der Waals surface area contributed by atoms with Crippen LogP contribution in [0, 0.1) is 11.6 Å². The second-order valence-electron chi connectivity index (χ2n) is 3.57. The van der Waals surface area contributed by atoms with Gasteiger partial charge in [-0.1, -0.05) is 6.92 Å². The third kappa shape index (κ3) is 2.29. The van der Waals surface area contributed by atoms with Gasteiger partial charge in [-0.2, -0.15) is 0 Å². The first-order valence-corrected chi connectivity index (χ1v) is 5.56. The van der Waals surface area contributed by atoms with Crippen molar-refractivity contribution in [1.82, 2.24) is 14.8 Å². The summed E-state index contributed by atoms with van der Waals surface area (Å²) in [5, 5.41) is 7.76. The van der Waals surface area contributed by atoms with Gasteiger partial charge >= 0.3 is 0 Å². The van der Waals surface area contributed by atoms with Crippen LogP contribution < -0.4 is 0 Å². The molecule has 0 spiro atoms. The molecule has 0 radical (unpaired) electrons. The third-order valence-electron chi connectivity index (χ3n) is 2.33. The van der Waals surface area contributed by atoms with E-state index in [2.05, 4.69) is 10.2 Å². The highest BCUT2D eigenvalue weighted by atomic mass is 35.5. The summed E-state index contributed by atoms with van der Waals surface area (Å²) in [4.78, 5) is 0. The predicted octanol–water partition coefficient (Wildman–Crippen LogP) is 3.15. The van der Waals surface area contributed by atoms with Crippen LogP contribution >= 0.6 is 11.6 Å². The van der Waals surface area contributed by atoms with Crippen molar-refractivity contribution in [2.24, 2.45) is 0 Å². The Balaban J connectivity index is 2.51. The molecule has 0 N–H and O–H groups in total. The smallest absolute Gasteiger partial charge is 0.229 e. The van der Waals surface area contributed by atoms with E-state index < -0.39 is 11.6 Å². The lowest BCUT2D eigenvalue weighted by Gasteiger charge is -2.07. The van der Waals surface area contributed by atoms with Gasteiger partial charge in [0, 0.05) is 12.5 Å². The quantitative estimate of drug-likeness (QED) is 0.846. The Kier molecular flexibility index (Phi) is 3.38. The Morgan fingerprint density at radius 2 is 2.00 bits per heavy atom. The lowest BCUT2D eigenvalue weighted by Crippen LogP contribution is -2.02. The van der Waals surface area contributed by atoms with Crippen LogP contribution in [0.25, 0.3) is 5.69 Å². The van der Waals surface area contributed by atoms with Crippen molar-refractivity contribution in [3.63, 3.8) is 0 Å². The summed E-state index contributed by atoms with van der Waals surface area (Å²) in [6.07, 6.45) is 1.53. The minimum Gasteiger partial charge on any atom is -0.270 e. The van der Waals surface area contributed by atoms with Gasteiger partial charge in [0.15, 0.2) is 11.6 Å². The largest absolute Gasteiger partial charge is 0.270 e. The molecular weight excluding hydrogens is 248 g/mol. The summed E-state index contributed by atoms with van der Waals surface area (Å²) in [7, 11) is 0. The Morgan fingerprint density at radius 3 is 2.65 bits per heavy atom. The van der Waals surface area contributed by atoms with E-state index in [0.29, 0.717) is 17.9 Å². The van der Waals surface area contributed by atoms with Crippen molar-refractivity contribution in [2.75, 3.05) is 0 Å². The van der Waals surface area contributed by atoms with Crippen molar-refractivity contribution >= 4 is 11.6 Å². The zero-order valence-electron chi connectivity index (χ0n) is 9.12. The molecule has 3 nitrogen and oxygen atoms in total. The molecule has 0 unspecified atom stereocenters. The number of nitrogens with zero attached hydrogens (tertiary/aromatic N) is 3. The van der Waals surface area contributed by atoms with Gasteiger partial charge in [0.1, 0.15) is 5.82 Å². The molecule has 0 saturated carbocycles. The average molecular weight is 258 g/mol. The number of benzene rings is 1. The molecule has 0 aliphatic heterocycles. The summed E-state index contributed by atoms with van der Waals surface area (Å²) >= 11 is 5.88. The van der Waals surface area contributed by atoms with E-state index in [1.807, 2.05) is 6.92 Å². The highest BCUT2D eigenvalue weighted by molar-refractivity contribution is 6.28. The molecule has 1 aromatic heterocycles. The molecule has 1 heterocycles. The van der Waals surface area contributed by atoms with E-state index >= 15 is 0 Å². The van der Waals surface area contributed by atoms with Gasteiger partial charge in [0.05, 0.1) is 5.69 Å². The normalized spacial score (nSPS) is 10.8. The molecular formula is C11H10ClF2N3. The Hall–Kier alpha value is -1.49. The van der Waals surface area contributed by atoms with Gasteiger partial charge in [0.2, 0.25) is 5.28 Å². The highest BCUT2D eigenvalue weighted by Crippen LogP contribution is 2.19. The molecule has 0 atom stereocenters. The number of halogens is 3. The maximum absolute atomic E-state index is 13.1. The lowest BCUT2D eigenvalue weighted by atomic mass is 10.2. The van der Waals surface area contributed by atoms with Gasteiger partial charge in [-0.05, 0) is 30.2 Å². The van der Waals surface area contributed by atoms with Gasteiger partial charge in [-0.15, -0.1) is 10.2 Å². The van der Waals surface area contributed by atoms with Crippen molar-refractivity contribution in [3.05, 3.63) is 40.9 Å². The van der Waals surface area contributed by atoms with Crippen molar-refractivity contribution in [3.8, 4) is 5.69 Å². The van der Waals surface area contributed by atoms with E-state index in [1.165, 1.54) is 10.6 Å². The standard InChI is InChI=1S/C11H10ClF2N3/c1-2-3-10-15-16-11(12)17(10)7-4-5-8(13)9(14)6-7/h4-6H,2-3H2,1H3. The van der Waals surface area contributed by atoms with Crippen LogP contribution in [0.15, 0.2) is 18.2 Å². The minimum atomic E-state index is -0.922. The Labute approximate surface area is 102 Å². The summed E-state index contributed by atoms with van der Waals surface area (Å²) in [6, 6.07) is 3.56. The Bertz CT molecular complexity index is 540. The first-order valence-electron chi connectivity index (χ1n) is 5.18. The molecule has 2 aromatic rings. The first-order chi connectivity index (χ1) is 8.13. The molecule has 0 amide bonds. The average Bonchev–Trinajstić information content (AvgIpc) is 2.65. The molecule has 1 aromatic carbocycles. The minimum absolute atomic E-state index is 0.138. The third-order valence-corrected chi connectivity index (χ3v) is 2.57. The SMILES string of the molecule is CCCc1nnc(Cl)n1-c1ccc(F)c(F)c1. The van der Waals surface area contributed by atoms with E-state index in [4.69, 9.17) is 11.6 Å². The first kappa shape index (κ1) is 12.0. The van der Waals surface area contributed by atoms with Gasteiger partial charge in [0.25, 0.3) is 0 Å². The molecule has 2 rings (SSSR count). The maximum Gasteiger partial charge on any atom is 0.229 e. The molecule has 6 heteroatoms. The maximum atomic E-state index is 13.1. The van der Waals surface area contributed by atoms with Crippen LogP contribution in [-0.4, -0.2) is 14.8 Å². The molecule has 90 valence electrons. The highest BCUT2D eigenvalue weighted by Gasteiger charge is 2.13. The van der Waals surface area contributed by atoms with Crippen LogP contribution in [0.4, 0.5) is 8.78 Å². The fourth-order valence-corrected chi connectivity index (χ4v) is 1.79. The van der Waals surface area contributed by atoms with E-state index in [9.17, 15) is 8.78 Å². The summed E-state index contributed by atoms with van der Waals surface area (Å²) in [5.41, 5.74) is 0.419. The molecule has 0 aliphatic rings. The molecule has 17 heavy (non-hydrogen) atoms. The van der Waals surface area contributed by atoms with Crippen LogP contribution in [0.5, 0.6) is 0 Å². The van der Waals surface area contributed by atoms with Gasteiger partial charge < -0.3 is 0 Å². The summed E-state index contributed by atoms with van der Waals surface area (Å²) < 4.78 is 27.5. The van der Waals surface area contributed by atoms with Crippen molar-refractivity contribution in [2.45, 2.75) is 19.8 Å². The molecule has 0 saturated heterocycles. The van der Waals surface area contributed by atoms with E-state index in [-0.39, 0.29) is 5.28 Å². The van der Waals surface area contributed by atoms with Gasteiger partial charge in [-0.25, -0.2) is 8.78 Å². The van der Waals surface area contributed by atoms with E-state index in [0.717, 1.165) is 18.6 Å². The second-order valence-corrected chi connectivity index (χ2v) is 3.91. The van der Waals surface area contributed by atoms with Crippen molar-refractivity contribution < 1.29 is 8.78 Å². The van der Waals surface area contributed by atoms with Crippen LogP contribution in [-0.2, 0) is 6.42 Å². The van der Waals surface area contributed by atoms with E-state index in [1.54, 1.807) is 0 Å². The summed E-state index contributed by atoms with van der Waals surface area (Å²) in [5.74, 6) is -1.19. The molecule has 0 aliphatic carbocycles. The number of hydrogen-bond donors (Lipinski definition) is 0. The van der Waals surface area contributed by atoms with Crippen molar-refractivity contribution in [1.29, 1.82) is 0 Å². The number of aryl methyl sites for hydroxylation is 1. The second kappa shape index (κ2) is 4.79. The monoisotopic (exact) mass is 257 g/mol. The topological polar surface area (TPSA) is 30.7 Å². The summed E-state index contributed by atoms with van der Waals surface area (Å²) in [6.45, 7) is 1.98. The zero-order chi connectivity index (χ0) is 12.4. The van der Waals surface area contributed by atoms with Crippen LogP contribution in [0.2, 0.25) is 5.28 Å². The number of rotatable bonds is 3. The van der Waals surface area contributed by atoms with Crippen LogP contribution in [0.1, 0.15) is 19.2 Å². The molecule has 0 fully saturated rings.